The Labute approximate surface area is 114 Å². The fourth-order valence-corrected chi connectivity index (χ4v) is 3.49. The molecule has 1 aromatic carbocycles. The molecule has 0 bridgehead atoms. The highest BCUT2D eigenvalue weighted by Crippen LogP contribution is 2.44. The van der Waals surface area contributed by atoms with E-state index in [-0.39, 0.29) is 5.41 Å². The first kappa shape index (κ1) is 12.7. The van der Waals surface area contributed by atoms with Crippen LogP contribution < -0.4 is 0 Å². The van der Waals surface area contributed by atoms with Crippen LogP contribution >= 0.6 is 0 Å². The molecule has 0 aromatic heterocycles. The van der Waals surface area contributed by atoms with Crippen LogP contribution in [0.4, 0.5) is 0 Å². The molecule has 1 aromatic rings. The number of carbonyl (C=O) groups excluding carboxylic acids is 1. The molecule has 1 atom stereocenters. The third kappa shape index (κ3) is 2.27. The summed E-state index contributed by atoms with van der Waals surface area (Å²) < 4.78 is 5.42. The van der Waals surface area contributed by atoms with Crippen LogP contribution in [0.2, 0.25) is 0 Å². The number of carbonyl (C=O) groups is 1. The lowest BCUT2D eigenvalue weighted by Gasteiger charge is -2.30. The lowest BCUT2D eigenvalue weighted by molar-refractivity contribution is -0.139. The summed E-state index contributed by atoms with van der Waals surface area (Å²) in [6.07, 6.45) is 3.73. The molecule has 3 nitrogen and oxygen atoms in total. The average molecular weight is 259 g/mol. The van der Waals surface area contributed by atoms with E-state index in [9.17, 15) is 4.79 Å². The molecule has 19 heavy (non-hydrogen) atoms. The molecule has 0 saturated carbocycles. The highest BCUT2D eigenvalue weighted by atomic mass is 16.5. The predicted octanol–water partition coefficient (Wildman–Crippen LogP) is 2.26. The number of likely N-dealkylation sites (tertiary alicyclic amines) is 1. The maximum atomic E-state index is 12.6. The lowest BCUT2D eigenvalue weighted by atomic mass is 9.77. The van der Waals surface area contributed by atoms with Crippen molar-refractivity contribution in [3.63, 3.8) is 0 Å². The quantitative estimate of drug-likeness (QED) is 0.815. The van der Waals surface area contributed by atoms with Gasteiger partial charge in [0.2, 0.25) is 5.91 Å². The van der Waals surface area contributed by atoms with Crippen LogP contribution in [0.5, 0.6) is 0 Å². The van der Waals surface area contributed by atoms with Crippen molar-refractivity contribution in [2.75, 3.05) is 20.3 Å². The van der Waals surface area contributed by atoms with Gasteiger partial charge in [-0.05, 0) is 31.2 Å². The van der Waals surface area contributed by atoms with Gasteiger partial charge < -0.3 is 9.64 Å². The highest BCUT2D eigenvalue weighted by Gasteiger charge is 2.50. The molecule has 0 N–H and O–H groups in total. The minimum Gasteiger partial charge on any atom is -0.381 e. The lowest BCUT2D eigenvalue weighted by Crippen LogP contribution is -2.38. The molecule has 3 heteroatoms. The molecular weight excluding hydrogens is 238 g/mol. The molecule has 0 radical (unpaired) electrons. The van der Waals surface area contributed by atoms with E-state index in [2.05, 4.69) is 24.3 Å². The molecule has 3 rings (SSSR count). The number of amides is 1. The first-order valence-electron chi connectivity index (χ1n) is 7.10. The summed E-state index contributed by atoms with van der Waals surface area (Å²) in [6, 6.07) is 10.8. The van der Waals surface area contributed by atoms with Gasteiger partial charge in [0.25, 0.3) is 0 Å². The molecule has 2 heterocycles. The number of nitrogens with zero attached hydrogens (tertiary/aromatic N) is 1. The van der Waals surface area contributed by atoms with Gasteiger partial charge in [-0.1, -0.05) is 30.3 Å². The van der Waals surface area contributed by atoms with Crippen LogP contribution in [0.1, 0.15) is 24.8 Å². The van der Waals surface area contributed by atoms with Crippen LogP contribution in [0.25, 0.3) is 0 Å². The van der Waals surface area contributed by atoms with E-state index in [1.165, 1.54) is 5.56 Å². The summed E-state index contributed by atoms with van der Waals surface area (Å²) in [5, 5.41) is 0. The maximum absolute atomic E-state index is 12.6. The van der Waals surface area contributed by atoms with Gasteiger partial charge in [-0.25, -0.2) is 0 Å². The monoisotopic (exact) mass is 259 g/mol. The zero-order chi connectivity index (χ0) is 13.3. The van der Waals surface area contributed by atoms with Gasteiger partial charge in [0, 0.05) is 26.3 Å². The van der Waals surface area contributed by atoms with Gasteiger partial charge in [-0.3, -0.25) is 4.79 Å². The number of benzene rings is 1. The summed E-state index contributed by atoms with van der Waals surface area (Å²) >= 11 is 0. The minimum absolute atomic E-state index is 0.132. The minimum atomic E-state index is -0.132. The van der Waals surface area contributed by atoms with Crippen molar-refractivity contribution >= 4 is 5.91 Å². The number of ether oxygens (including phenoxy) is 1. The van der Waals surface area contributed by atoms with Gasteiger partial charge in [-0.15, -0.1) is 0 Å². The van der Waals surface area contributed by atoms with Crippen molar-refractivity contribution in [2.24, 2.45) is 5.41 Å². The van der Waals surface area contributed by atoms with Crippen LogP contribution in [-0.4, -0.2) is 37.1 Å². The maximum Gasteiger partial charge on any atom is 0.229 e. The molecule has 1 spiro atoms. The van der Waals surface area contributed by atoms with E-state index in [1.54, 1.807) is 0 Å². The number of hydrogen-bond acceptors (Lipinski definition) is 2. The van der Waals surface area contributed by atoms with Gasteiger partial charge in [0.05, 0.1) is 5.41 Å². The molecule has 102 valence electrons. The number of hydrogen-bond donors (Lipinski definition) is 0. The summed E-state index contributed by atoms with van der Waals surface area (Å²) in [4.78, 5) is 14.5. The highest BCUT2D eigenvalue weighted by molar-refractivity contribution is 5.85. The van der Waals surface area contributed by atoms with Crippen molar-refractivity contribution in [3.05, 3.63) is 35.9 Å². The molecule has 2 fully saturated rings. The van der Waals surface area contributed by atoms with Crippen LogP contribution in [0.15, 0.2) is 30.3 Å². The molecule has 1 amide bonds. The van der Waals surface area contributed by atoms with E-state index in [1.807, 2.05) is 18.0 Å². The van der Waals surface area contributed by atoms with Gasteiger partial charge in [0.15, 0.2) is 0 Å². The van der Waals surface area contributed by atoms with Crippen molar-refractivity contribution in [3.8, 4) is 0 Å². The third-order valence-corrected chi connectivity index (χ3v) is 4.71. The summed E-state index contributed by atoms with van der Waals surface area (Å²) in [5.74, 6) is 0.330. The molecule has 0 unspecified atom stereocenters. The van der Waals surface area contributed by atoms with Crippen LogP contribution in [0, 0.1) is 5.41 Å². The largest absolute Gasteiger partial charge is 0.381 e. The smallest absolute Gasteiger partial charge is 0.229 e. The predicted molar refractivity (Wildman–Crippen MR) is 73.8 cm³/mol. The average Bonchev–Trinajstić information content (AvgIpc) is 2.67. The Morgan fingerprint density at radius 3 is 2.63 bits per heavy atom. The summed E-state index contributed by atoms with van der Waals surface area (Å²) in [5.41, 5.74) is 1.18. The fraction of sp³-hybridized carbons (Fsp3) is 0.562. The van der Waals surface area contributed by atoms with Crippen molar-refractivity contribution < 1.29 is 9.53 Å². The Hall–Kier alpha value is -1.35. The molecule has 0 aliphatic carbocycles. The summed E-state index contributed by atoms with van der Waals surface area (Å²) in [6.45, 7) is 1.47. The fourth-order valence-electron chi connectivity index (χ4n) is 3.49. The Kier molecular flexibility index (Phi) is 3.31. The Morgan fingerprint density at radius 2 is 1.95 bits per heavy atom. The van der Waals surface area contributed by atoms with E-state index in [4.69, 9.17) is 4.74 Å². The normalized spacial score (nSPS) is 26.1. The Morgan fingerprint density at radius 1 is 1.26 bits per heavy atom. The zero-order valence-electron chi connectivity index (χ0n) is 11.5. The van der Waals surface area contributed by atoms with Crippen molar-refractivity contribution in [1.82, 2.24) is 4.90 Å². The molecule has 2 saturated heterocycles. The molecule has 2 aliphatic rings. The second-order valence-electron chi connectivity index (χ2n) is 5.86. The molecular formula is C16H21NO2. The standard InChI is InChI=1S/C16H21NO2/c1-17-14(11-13-5-3-2-4-6-13)12-16(15(17)18)7-9-19-10-8-16/h2-6,14H,7-12H2,1H3/t14-/m1/s1. The van der Waals surface area contributed by atoms with Crippen LogP contribution in [0.3, 0.4) is 0 Å². The third-order valence-electron chi connectivity index (χ3n) is 4.71. The summed E-state index contributed by atoms with van der Waals surface area (Å²) in [7, 11) is 1.96. The van der Waals surface area contributed by atoms with E-state index in [0.29, 0.717) is 11.9 Å². The van der Waals surface area contributed by atoms with E-state index < -0.39 is 0 Å². The van der Waals surface area contributed by atoms with Crippen molar-refractivity contribution in [2.45, 2.75) is 31.7 Å². The first-order valence-corrected chi connectivity index (χ1v) is 7.10. The second-order valence-corrected chi connectivity index (χ2v) is 5.86. The Balaban J connectivity index is 1.75. The number of rotatable bonds is 2. The first-order chi connectivity index (χ1) is 9.21. The van der Waals surface area contributed by atoms with Crippen LogP contribution in [-0.2, 0) is 16.0 Å². The Bertz CT molecular complexity index is 451. The van der Waals surface area contributed by atoms with E-state index in [0.717, 1.165) is 38.9 Å². The van der Waals surface area contributed by atoms with Crippen molar-refractivity contribution in [1.29, 1.82) is 0 Å². The topological polar surface area (TPSA) is 29.5 Å². The zero-order valence-corrected chi connectivity index (χ0v) is 11.5. The van der Waals surface area contributed by atoms with Gasteiger partial charge in [-0.2, -0.15) is 0 Å². The second kappa shape index (κ2) is 4.97. The van der Waals surface area contributed by atoms with E-state index >= 15 is 0 Å². The molecule has 2 aliphatic heterocycles. The van der Waals surface area contributed by atoms with Gasteiger partial charge >= 0.3 is 0 Å². The van der Waals surface area contributed by atoms with Gasteiger partial charge in [0.1, 0.15) is 0 Å². The SMILES string of the molecule is CN1C(=O)C2(CCOCC2)C[C@H]1Cc1ccccc1. The number of likely N-dealkylation sites (N-methyl/N-ethyl adjacent to an activating group) is 1.